The summed E-state index contributed by atoms with van der Waals surface area (Å²) >= 11 is 3.40. The molecule has 1 atom stereocenters. The maximum Gasteiger partial charge on any atom is 0.146 e. The molecule has 0 saturated carbocycles. The normalized spacial score (nSPS) is 17.3. The van der Waals surface area contributed by atoms with Gasteiger partial charge in [0.25, 0.3) is 0 Å². The van der Waals surface area contributed by atoms with Gasteiger partial charge >= 0.3 is 0 Å². The summed E-state index contributed by atoms with van der Waals surface area (Å²) in [6.45, 7) is 4.11. The lowest BCUT2D eigenvalue weighted by molar-refractivity contribution is -0.904. The molecule has 0 aromatic heterocycles. The summed E-state index contributed by atoms with van der Waals surface area (Å²) in [7, 11) is 0. The molecular weight excluding hydrogens is 359 g/mol. The molecule has 0 radical (unpaired) electrons. The minimum Gasteiger partial charge on any atom is -0.382 e. The monoisotopic (exact) mass is 379 g/mol. The molecule has 3 nitrogen and oxygen atoms in total. The van der Waals surface area contributed by atoms with Crippen LogP contribution in [0.2, 0.25) is 0 Å². The Hall–Kier alpha value is -1.43. The summed E-state index contributed by atoms with van der Waals surface area (Å²) < 4.78 is 14.9. The van der Waals surface area contributed by atoms with Crippen molar-refractivity contribution in [1.82, 2.24) is 0 Å². The van der Waals surface area contributed by atoms with Gasteiger partial charge in [0.2, 0.25) is 0 Å². The van der Waals surface area contributed by atoms with Gasteiger partial charge in [0.05, 0.1) is 31.9 Å². The number of rotatable bonds is 4. The van der Waals surface area contributed by atoms with E-state index in [4.69, 9.17) is 0 Å². The molecule has 122 valence electrons. The van der Waals surface area contributed by atoms with E-state index in [1.807, 2.05) is 36.4 Å². The van der Waals surface area contributed by atoms with Crippen LogP contribution in [0.4, 0.5) is 10.1 Å². The fourth-order valence-electron chi connectivity index (χ4n) is 3.05. The van der Waals surface area contributed by atoms with Crippen molar-refractivity contribution < 1.29 is 14.4 Å². The second-order valence-corrected chi connectivity index (χ2v) is 6.88. The van der Waals surface area contributed by atoms with E-state index in [1.165, 1.54) is 11.0 Å². The summed E-state index contributed by atoms with van der Waals surface area (Å²) in [6.07, 6.45) is -0.460. The number of benzene rings is 2. The standard InChI is InChI=1S/C18H20BrFN2O/c19-15-7-5-14(6-8-15)18(23)13-21-9-11-22(12-10-21)17-4-2-1-3-16(17)20/h1-8,18,23H,9-13H2/p+1/t18-/m0/s1. The minimum atomic E-state index is -0.460. The summed E-state index contributed by atoms with van der Waals surface area (Å²) in [5.41, 5.74) is 1.62. The number of hydrogen-bond acceptors (Lipinski definition) is 2. The van der Waals surface area contributed by atoms with E-state index in [2.05, 4.69) is 20.8 Å². The third kappa shape index (κ3) is 4.10. The minimum absolute atomic E-state index is 0.161. The Bertz CT molecular complexity index is 642. The molecule has 0 aliphatic carbocycles. The van der Waals surface area contributed by atoms with Crippen LogP contribution in [0.25, 0.3) is 0 Å². The molecule has 1 heterocycles. The zero-order chi connectivity index (χ0) is 16.2. The van der Waals surface area contributed by atoms with E-state index in [-0.39, 0.29) is 5.82 Å². The second-order valence-electron chi connectivity index (χ2n) is 5.96. The van der Waals surface area contributed by atoms with E-state index in [1.54, 1.807) is 6.07 Å². The van der Waals surface area contributed by atoms with Gasteiger partial charge in [-0.2, -0.15) is 0 Å². The molecular formula is C18H21BrFN2O+. The lowest BCUT2D eigenvalue weighted by atomic mass is 10.1. The Balaban J connectivity index is 1.55. The van der Waals surface area contributed by atoms with Gasteiger partial charge in [-0.25, -0.2) is 4.39 Å². The van der Waals surface area contributed by atoms with Crippen LogP contribution in [0, 0.1) is 5.82 Å². The molecule has 23 heavy (non-hydrogen) atoms. The Kier molecular flexibility index (Phi) is 5.30. The van der Waals surface area contributed by atoms with Gasteiger partial charge in [-0.3, -0.25) is 0 Å². The van der Waals surface area contributed by atoms with E-state index in [0.29, 0.717) is 12.2 Å². The average molecular weight is 380 g/mol. The van der Waals surface area contributed by atoms with Gasteiger partial charge in [-0.05, 0) is 29.8 Å². The second kappa shape index (κ2) is 7.43. The van der Waals surface area contributed by atoms with Crippen molar-refractivity contribution in [3.8, 4) is 0 Å². The number of anilines is 1. The van der Waals surface area contributed by atoms with E-state index >= 15 is 0 Å². The summed E-state index contributed by atoms with van der Waals surface area (Å²) in [5.74, 6) is -0.161. The fraction of sp³-hybridized carbons (Fsp3) is 0.333. The van der Waals surface area contributed by atoms with Crippen LogP contribution in [-0.2, 0) is 0 Å². The van der Waals surface area contributed by atoms with E-state index < -0.39 is 6.10 Å². The van der Waals surface area contributed by atoms with Crippen molar-refractivity contribution in [3.63, 3.8) is 0 Å². The first-order valence-electron chi connectivity index (χ1n) is 7.90. The topological polar surface area (TPSA) is 27.9 Å². The number of nitrogens with zero attached hydrogens (tertiary/aromatic N) is 1. The first-order chi connectivity index (χ1) is 11.1. The lowest BCUT2D eigenvalue weighted by Crippen LogP contribution is -3.15. The van der Waals surface area contributed by atoms with Crippen molar-refractivity contribution in [2.75, 3.05) is 37.6 Å². The average Bonchev–Trinajstić information content (AvgIpc) is 2.57. The molecule has 5 heteroatoms. The summed E-state index contributed by atoms with van der Waals surface area (Å²) in [6, 6.07) is 14.7. The van der Waals surface area contributed by atoms with Crippen LogP contribution in [0.15, 0.2) is 53.0 Å². The number of piperazine rings is 1. The van der Waals surface area contributed by atoms with Crippen LogP contribution < -0.4 is 9.80 Å². The molecule has 1 aliphatic heterocycles. The van der Waals surface area contributed by atoms with Gasteiger partial charge < -0.3 is 14.9 Å². The summed E-state index contributed by atoms with van der Waals surface area (Å²) in [4.78, 5) is 3.44. The highest BCUT2D eigenvalue weighted by atomic mass is 79.9. The van der Waals surface area contributed by atoms with Crippen molar-refractivity contribution in [3.05, 3.63) is 64.4 Å². The van der Waals surface area contributed by atoms with Gasteiger partial charge in [0, 0.05) is 4.47 Å². The van der Waals surface area contributed by atoms with Crippen LogP contribution in [0.5, 0.6) is 0 Å². The molecule has 0 spiro atoms. The van der Waals surface area contributed by atoms with Crippen molar-refractivity contribution in [2.45, 2.75) is 6.10 Å². The summed E-state index contributed by atoms with van der Waals surface area (Å²) in [5, 5.41) is 10.4. The maximum atomic E-state index is 13.8. The van der Waals surface area contributed by atoms with Crippen molar-refractivity contribution in [1.29, 1.82) is 0 Å². The van der Waals surface area contributed by atoms with Gasteiger partial charge in [0.1, 0.15) is 18.5 Å². The molecule has 0 bridgehead atoms. The number of nitrogens with one attached hydrogen (secondary N) is 1. The van der Waals surface area contributed by atoms with Crippen LogP contribution in [0.1, 0.15) is 11.7 Å². The number of aliphatic hydroxyl groups is 1. The van der Waals surface area contributed by atoms with Crippen LogP contribution in [0.3, 0.4) is 0 Å². The van der Waals surface area contributed by atoms with E-state index in [0.717, 1.165) is 36.2 Å². The Morgan fingerprint density at radius 1 is 1.09 bits per heavy atom. The zero-order valence-corrected chi connectivity index (χ0v) is 14.5. The third-order valence-electron chi connectivity index (χ3n) is 4.40. The number of para-hydroxylation sites is 1. The third-order valence-corrected chi connectivity index (χ3v) is 4.93. The fourth-order valence-corrected chi connectivity index (χ4v) is 3.32. The molecule has 0 amide bonds. The molecule has 1 saturated heterocycles. The number of quaternary nitrogens is 1. The number of halogens is 2. The van der Waals surface area contributed by atoms with E-state index in [9.17, 15) is 9.50 Å². The van der Waals surface area contributed by atoms with Crippen molar-refractivity contribution >= 4 is 21.6 Å². The predicted molar refractivity (Wildman–Crippen MR) is 93.3 cm³/mol. The molecule has 1 aliphatic rings. The largest absolute Gasteiger partial charge is 0.382 e. The van der Waals surface area contributed by atoms with Crippen molar-refractivity contribution in [2.24, 2.45) is 0 Å². The Morgan fingerprint density at radius 2 is 1.74 bits per heavy atom. The Labute approximate surface area is 144 Å². The molecule has 2 N–H and O–H groups in total. The van der Waals surface area contributed by atoms with Gasteiger partial charge in [-0.15, -0.1) is 0 Å². The SMILES string of the molecule is O[C@@H](C[NH+]1CCN(c2ccccc2F)CC1)c1ccc(Br)cc1. The molecule has 0 unspecified atom stereocenters. The highest BCUT2D eigenvalue weighted by molar-refractivity contribution is 9.10. The molecule has 3 rings (SSSR count). The zero-order valence-electron chi connectivity index (χ0n) is 12.9. The van der Waals surface area contributed by atoms with Crippen LogP contribution >= 0.6 is 15.9 Å². The highest BCUT2D eigenvalue weighted by Crippen LogP contribution is 2.19. The quantitative estimate of drug-likeness (QED) is 0.850. The number of aliphatic hydroxyl groups excluding tert-OH is 1. The van der Waals surface area contributed by atoms with Gasteiger partial charge in [-0.1, -0.05) is 40.2 Å². The lowest BCUT2D eigenvalue weighted by Gasteiger charge is -2.34. The predicted octanol–water partition coefficient (Wildman–Crippen LogP) is 2.03. The maximum absolute atomic E-state index is 13.8. The Morgan fingerprint density at radius 3 is 2.39 bits per heavy atom. The smallest absolute Gasteiger partial charge is 0.146 e. The molecule has 2 aromatic rings. The first-order valence-corrected chi connectivity index (χ1v) is 8.69. The van der Waals surface area contributed by atoms with Crippen LogP contribution in [-0.4, -0.2) is 37.8 Å². The molecule has 1 fully saturated rings. The molecule has 2 aromatic carbocycles. The number of hydrogen-bond donors (Lipinski definition) is 2. The highest BCUT2D eigenvalue weighted by Gasteiger charge is 2.24. The first kappa shape index (κ1) is 16.4. The van der Waals surface area contributed by atoms with Gasteiger partial charge in [0.15, 0.2) is 0 Å².